The molecule has 1 aliphatic heterocycles. The number of carbonyl (C=O) groups is 1. The minimum atomic E-state index is -0.463. The Morgan fingerprint density at radius 2 is 1.92 bits per heavy atom. The Kier molecular flexibility index (Phi) is 5.98. The molecule has 2 aromatic carbocycles. The van der Waals surface area contributed by atoms with Crippen LogP contribution in [0.5, 0.6) is 0 Å². The van der Waals surface area contributed by atoms with Crippen LogP contribution >= 0.6 is 0 Å². The van der Waals surface area contributed by atoms with Crippen LogP contribution in [0.15, 0.2) is 48.5 Å². The predicted molar refractivity (Wildman–Crippen MR) is 97.5 cm³/mol. The molecule has 0 saturated carbocycles. The number of nitrogens with one attached hydrogen (secondary N) is 2. The summed E-state index contributed by atoms with van der Waals surface area (Å²) in [7, 11) is 0. The second kappa shape index (κ2) is 8.40. The monoisotopic (exact) mass is 357 g/mol. The number of aliphatic hydroxyl groups is 1. The summed E-state index contributed by atoms with van der Waals surface area (Å²) < 4.78 is 14.0. The Morgan fingerprint density at radius 3 is 2.65 bits per heavy atom. The lowest BCUT2D eigenvalue weighted by atomic mass is 10.0. The van der Waals surface area contributed by atoms with Crippen LogP contribution < -0.4 is 10.9 Å². The van der Waals surface area contributed by atoms with Crippen molar-refractivity contribution in [2.24, 2.45) is 0 Å². The van der Waals surface area contributed by atoms with E-state index in [1.165, 1.54) is 6.07 Å². The van der Waals surface area contributed by atoms with Crippen molar-refractivity contribution in [3.05, 3.63) is 71.0 Å². The van der Waals surface area contributed by atoms with E-state index in [4.69, 9.17) is 0 Å². The molecule has 2 atom stereocenters. The predicted octanol–water partition coefficient (Wildman–Crippen LogP) is 2.06. The van der Waals surface area contributed by atoms with Gasteiger partial charge in [-0.05, 0) is 30.5 Å². The second-order valence-corrected chi connectivity index (χ2v) is 6.56. The maximum absolute atomic E-state index is 14.0. The second-order valence-electron chi connectivity index (χ2n) is 6.56. The molecule has 1 saturated heterocycles. The van der Waals surface area contributed by atoms with E-state index in [1.54, 1.807) is 23.1 Å². The number of hydrazine groups is 1. The van der Waals surface area contributed by atoms with Gasteiger partial charge in [0.1, 0.15) is 11.9 Å². The zero-order valence-corrected chi connectivity index (χ0v) is 14.8. The van der Waals surface area contributed by atoms with E-state index in [1.807, 2.05) is 31.2 Å². The lowest BCUT2D eigenvalue weighted by Crippen LogP contribution is -2.46. The minimum Gasteiger partial charge on any atom is -0.395 e. The van der Waals surface area contributed by atoms with Gasteiger partial charge in [-0.1, -0.05) is 42.5 Å². The fourth-order valence-electron chi connectivity index (χ4n) is 3.28. The van der Waals surface area contributed by atoms with E-state index in [-0.39, 0.29) is 30.9 Å². The van der Waals surface area contributed by atoms with Crippen molar-refractivity contribution in [1.82, 2.24) is 15.8 Å². The molecule has 1 aliphatic rings. The van der Waals surface area contributed by atoms with Crippen molar-refractivity contribution < 1.29 is 14.3 Å². The summed E-state index contributed by atoms with van der Waals surface area (Å²) >= 11 is 0. The van der Waals surface area contributed by atoms with E-state index < -0.39 is 6.04 Å². The lowest BCUT2D eigenvalue weighted by Gasteiger charge is -2.25. The molecule has 0 aliphatic carbocycles. The SMILES string of the molecule is Cc1ccccc1CN(CCO)C(=O)C1CC(c2ccccc2F)NN1. The Balaban J connectivity index is 1.70. The van der Waals surface area contributed by atoms with E-state index >= 15 is 0 Å². The molecule has 138 valence electrons. The van der Waals surface area contributed by atoms with Crippen molar-refractivity contribution in [2.75, 3.05) is 13.2 Å². The largest absolute Gasteiger partial charge is 0.395 e. The number of nitrogens with zero attached hydrogens (tertiary/aromatic N) is 1. The Morgan fingerprint density at radius 1 is 1.19 bits per heavy atom. The molecule has 1 heterocycles. The molecule has 1 amide bonds. The number of aryl methyl sites for hydroxylation is 1. The fourth-order valence-corrected chi connectivity index (χ4v) is 3.28. The van der Waals surface area contributed by atoms with Crippen LogP contribution in [0.4, 0.5) is 4.39 Å². The highest BCUT2D eigenvalue weighted by atomic mass is 19.1. The first kappa shape index (κ1) is 18.5. The number of hydrogen-bond acceptors (Lipinski definition) is 4. The van der Waals surface area contributed by atoms with Gasteiger partial charge >= 0.3 is 0 Å². The summed E-state index contributed by atoms with van der Waals surface area (Å²) in [6.07, 6.45) is 0.454. The summed E-state index contributed by atoms with van der Waals surface area (Å²) in [5.74, 6) is -0.388. The summed E-state index contributed by atoms with van der Waals surface area (Å²) in [6.45, 7) is 2.60. The topological polar surface area (TPSA) is 64.6 Å². The van der Waals surface area contributed by atoms with Crippen molar-refractivity contribution in [3.63, 3.8) is 0 Å². The van der Waals surface area contributed by atoms with Crippen LogP contribution in [0.2, 0.25) is 0 Å². The average molecular weight is 357 g/mol. The zero-order chi connectivity index (χ0) is 18.5. The molecule has 1 fully saturated rings. The van der Waals surface area contributed by atoms with Crippen LogP contribution in [0.1, 0.15) is 29.2 Å². The first-order valence-corrected chi connectivity index (χ1v) is 8.79. The molecule has 0 aromatic heterocycles. The van der Waals surface area contributed by atoms with Gasteiger partial charge in [-0.15, -0.1) is 0 Å². The summed E-state index contributed by atoms with van der Waals surface area (Å²) in [6, 6.07) is 13.7. The molecular weight excluding hydrogens is 333 g/mol. The zero-order valence-electron chi connectivity index (χ0n) is 14.8. The third-order valence-electron chi connectivity index (χ3n) is 4.79. The number of hydrogen-bond donors (Lipinski definition) is 3. The van der Waals surface area contributed by atoms with Crippen molar-refractivity contribution in [2.45, 2.75) is 32.0 Å². The van der Waals surface area contributed by atoms with Gasteiger partial charge in [-0.25, -0.2) is 15.2 Å². The number of aliphatic hydroxyl groups excluding tert-OH is 1. The maximum Gasteiger partial charge on any atom is 0.241 e. The van der Waals surface area contributed by atoms with E-state index in [9.17, 15) is 14.3 Å². The number of halogens is 1. The molecule has 2 unspecified atom stereocenters. The fraction of sp³-hybridized carbons (Fsp3) is 0.350. The van der Waals surface area contributed by atoms with Gasteiger partial charge in [0.25, 0.3) is 0 Å². The summed E-state index contributed by atoms with van der Waals surface area (Å²) in [5.41, 5.74) is 8.69. The molecule has 3 N–H and O–H groups in total. The lowest BCUT2D eigenvalue weighted by molar-refractivity contribution is -0.134. The molecular formula is C20H24FN3O2. The van der Waals surface area contributed by atoms with Crippen molar-refractivity contribution in [1.29, 1.82) is 0 Å². The molecule has 6 heteroatoms. The number of carbonyl (C=O) groups excluding carboxylic acids is 1. The summed E-state index contributed by atoms with van der Waals surface area (Å²) in [5, 5.41) is 9.36. The molecule has 0 bridgehead atoms. The number of rotatable bonds is 6. The van der Waals surface area contributed by atoms with Crippen molar-refractivity contribution >= 4 is 5.91 Å². The normalized spacial score (nSPS) is 19.5. The van der Waals surface area contributed by atoms with Crippen LogP contribution in [0.3, 0.4) is 0 Å². The average Bonchev–Trinajstić information content (AvgIpc) is 3.13. The maximum atomic E-state index is 14.0. The molecule has 26 heavy (non-hydrogen) atoms. The molecule has 5 nitrogen and oxygen atoms in total. The standard InChI is InChI=1S/C20H24FN3O2/c1-14-6-2-3-7-15(14)13-24(10-11-25)20(26)19-12-18(22-23-19)16-8-4-5-9-17(16)21/h2-9,18-19,22-23,25H,10-13H2,1H3. The molecule has 0 radical (unpaired) electrons. The van der Waals surface area contributed by atoms with Gasteiger partial charge in [0.05, 0.1) is 12.6 Å². The van der Waals surface area contributed by atoms with Crippen molar-refractivity contribution in [3.8, 4) is 0 Å². The molecule has 3 rings (SSSR count). The van der Waals surface area contributed by atoms with Gasteiger partial charge in [-0.2, -0.15) is 0 Å². The Labute approximate surface area is 152 Å². The van der Waals surface area contributed by atoms with E-state index in [0.29, 0.717) is 18.5 Å². The van der Waals surface area contributed by atoms with Gasteiger partial charge in [0.2, 0.25) is 5.91 Å². The highest BCUT2D eigenvalue weighted by molar-refractivity contribution is 5.82. The van der Waals surface area contributed by atoms with Crippen LogP contribution in [0.25, 0.3) is 0 Å². The minimum absolute atomic E-state index is 0.103. The van der Waals surface area contributed by atoms with Gasteiger partial charge in [-0.3, -0.25) is 4.79 Å². The first-order valence-electron chi connectivity index (χ1n) is 8.79. The Bertz CT molecular complexity index is 768. The quantitative estimate of drug-likeness (QED) is 0.741. The number of amides is 1. The van der Waals surface area contributed by atoms with Gasteiger partial charge in [0, 0.05) is 18.7 Å². The smallest absolute Gasteiger partial charge is 0.241 e. The number of benzene rings is 2. The first-order chi connectivity index (χ1) is 12.6. The van der Waals surface area contributed by atoms with Crippen LogP contribution in [-0.2, 0) is 11.3 Å². The summed E-state index contributed by atoms with van der Waals surface area (Å²) in [4.78, 5) is 14.6. The Hall–Kier alpha value is -2.28. The molecule has 0 spiro atoms. The van der Waals surface area contributed by atoms with Gasteiger partial charge in [0.15, 0.2) is 0 Å². The van der Waals surface area contributed by atoms with E-state index in [0.717, 1.165) is 11.1 Å². The highest BCUT2D eigenvalue weighted by Gasteiger charge is 2.33. The highest BCUT2D eigenvalue weighted by Crippen LogP contribution is 2.25. The van der Waals surface area contributed by atoms with E-state index in [2.05, 4.69) is 10.9 Å². The third-order valence-corrected chi connectivity index (χ3v) is 4.79. The van der Waals surface area contributed by atoms with Gasteiger partial charge < -0.3 is 10.0 Å². The van der Waals surface area contributed by atoms with Crippen LogP contribution in [-0.4, -0.2) is 35.1 Å². The van der Waals surface area contributed by atoms with Crippen LogP contribution in [0, 0.1) is 12.7 Å². The molecule has 2 aromatic rings. The third kappa shape index (κ3) is 4.09.